The highest BCUT2D eigenvalue weighted by Crippen LogP contribution is 2.37. The van der Waals surface area contributed by atoms with E-state index in [1.165, 1.54) is 19.3 Å². The first-order valence-electron chi connectivity index (χ1n) is 4.68. The molecule has 1 N–H and O–H groups in total. The normalized spacial score (nSPS) is 9.82. The van der Waals surface area contributed by atoms with Gasteiger partial charge in [0.05, 0.1) is 18.5 Å². The van der Waals surface area contributed by atoms with Gasteiger partial charge in [0, 0.05) is 7.92 Å². The molecule has 0 fully saturated rings. The minimum Gasteiger partial charge on any atom is -0.870 e. The molecule has 0 rings (SSSR count). The molecule has 2 heteroatoms. The third-order valence-electron chi connectivity index (χ3n) is 1.81. The second-order valence-corrected chi connectivity index (χ2v) is 6.00. The maximum absolute atomic E-state index is 2.32. The van der Waals surface area contributed by atoms with E-state index in [2.05, 4.69) is 20.8 Å². The van der Waals surface area contributed by atoms with Crippen LogP contribution in [0.5, 0.6) is 0 Å². The topological polar surface area (TPSA) is 30.0 Å². The molecule has 0 atom stereocenters. The van der Waals surface area contributed by atoms with Gasteiger partial charge in [0.15, 0.2) is 0 Å². The van der Waals surface area contributed by atoms with Crippen molar-refractivity contribution in [3.8, 4) is 0 Å². The van der Waals surface area contributed by atoms with Gasteiger partial charge in [0.1, 0.15) is 0 Å². The molecule has 0 aromatic rings. The van der Waals surface area contributed by atoms with Gasteiger partial charge in [-0.2, -0.15) is 0 Å². The van der Waals surface area contributed by atoms with Crippen LogP contribution >= 0.6 is 7.92 Å². The Morgan fingerprint density at radius 1 is 0.727 bits per heavy atom. The average molecular weight is 178 g/mol. The van der Waals surface area contributed by atoms with Crippen molar-refractivity contribution in [1.29, 1.82) is 0 Å². The molecular formula is C9H23OP. The lowest BCUT2D eigenvalue weighted by Crippen LogP contribution is -1.92. The third-order valence-corrected chi connectivity index (χ3v) is 5.43. The third kappa shape index (κ3) is 8.29. The quantitative estimate of drug-likeness (QED) is 0.574. The van der Waals surface area contributed by atoms with Gasteiger partial charge in [-0.1, -0.05) is 20.8 Å². The number of rotatable bonds is 6. The summed E-state index contributed by atoms with van der Waals surface area (Å²) in [6, 6.07) is 0. The molecule has 0 aromatic carbocycles. The molecule has 70 valence electrons. The minimum absolute atomic E-state index is 0. The van der Waals surface area contributed by atoms with Gasteiger partial charge in [0.2, 0.25) is 0 Å². The van der Waals surface area contributed by atoms with Gasteiger partial charge in [-0.25, -0.2) is 0 Å². The van der Waals surface area contributed by atoms with E-state index in [-0.39, 0.29) is 13.4 Å². The highest BCUT2D eigenvalue weighted by atomic mass is 31.1. The molecule has 0 aliphatic carbocycles. The van der Waals surface area contributed by atoms with E-state index in [1.807, 2.05) is 0 Å². The Kier molecular flexibility index (Phi) is 13.2. The van der Waals surface area contributed by atoms with Crippen molar-refractivity contribution in [2.75, 3.05) is 18.5 Å². The Morgan fingerprint density at radius 3 is 1.18 bits per heavy atom. The highest BCUT2D eigenvalue weighted by molar-refractivity contribution is 7.57. The largest absolute Gasteiger partial charge is 0.870 e. The predicted molar refractivity (Wildman–Crippen MR) is 55.7 cm³/mol. The molecule has 0 unspecified atom stereocenters. The van der Waals surface area contributed by atoms with E-state index in [0.29, 0.717) is 0 Å². The summed E-state index contributed by atoms with van der Waals surface area (Å²) in [5, 5.41) is 0. The van der Waals surface area contributed by atoms with E-state index < -0.39 is 0 Å². The van der Waals surface area contributed by atoms with Gasteiger partial charge in [0.25, 0.3) is 0 Å². The minimum atomic E-state index is 0. The van der Waals surface area contributed by atoms with Crippen LogP contribution < -0.4 is 0 Å². The molecule has 0 amide bonds. The monoisotopic (exact) mass is 178 g/mol. The van der Waals surface area contributed by atoms with Gasteiger partial charge in [-0.05, 0) is 19.3 Å². The first kappa shape index (κ1) is 13.9. The molecule has 0 heterocycles. The van der Waals surface area contributed by atoms with Crippen LogP contribution in [0.15, 0.2) is 0 Å². The Morgan fingerprint density at radius 2 is 1.00 bits per heavy atom. The molecular weight excluding hydrogens is 155 g/mol. The summed E-state index contributed by atoms with van der Waals surface area (Å²) in [4.78, 5) is 0. The molecule has 0 saturated carbocycles. The van der Waals surface area contributed by atoms with Gasteiger partial charge < -0.3 is 5.48 Å². The fourth-order valence-corrected chi connectivity index (χ4v) is 4.31. The Bertz CT molecular complexity index is 52.3. The van der Waals surface area contributed by atoms with Crippen LogP contribution in [0.3, 0.4) is 0 Å². The van der Waals surface area contributed by atoms with Crippen molar-refractivity contribution >= 4 is 7.92 Å². The lowest BCUT2D eigenvalue weighted by atomic mass is 10.6. The second-order valence-electron chi connectivity index (χ2n) is 3.00. The van der Waals surface area contributed by atoms with E-state index >= 15 is 0 Å². The summed E-state index contributed by atoms with van der Waals surface area (Å²) in [6.07, 6.45) is 8.88. The van der Waals surface area contributed by atoms with Gasteiger partial charge >= 0.3 is 0 Å². The van der Waals surface area contributed by atoms with Crippen LogP contribution in [0.1, 0.15) is 40.0 Å². The van der Waals surface area contributed by atoms with E-state index in [1.54, 1.807) is 18.5 Å². The molecule has 0 aliphatic rings. The zero-order chi connectivity index (χ0) is 7.82. The number of hydrogen-bond acceptors (Lipinski definition) is 1. The van der Waals surface area contributed by atoms with Crippen LogP contribution in [-0.2, 0) is 0 Å². The van der Waals surface area contributed by atoms with Crippen LogP contribution in [0.2, 0.25) is 0 Å². The van der Waals surface area contributed by atoms with E-state index in [9.17, 15) is 0 Å². The maximum atomic E-state index is 2.32. The van der Waals surface area contributed by atoms with Crippen molar-refractivity contribution in [3.05, 3.63) is 0 Å². The van der Waals surface area contributed by atoms with Gasteiger partial charge in [-0.15, -0.1) is 0 Å². The fourth-order valence-electron chi connectivity index (χ4n) is 1.44. The van der Waals surface area contributed by atoms with E-state index in [4.69, 9.17) is 0 Å². The van der Waals surface area contributed by atoms with Crippen LogP contribution in [-0.4, -0.2) is 24.0 Å². The predicted octanol–water partition coefficient (Wildman–Crippen LogP) is 3.25. The summed E-state index contributed by atoms with van der Waals surface area (Å²) >= 11 is 0. The van der Waals surface area contributed by atoms with Gasteiger partial charge in [-0.3, -0.25) is 0 Å². The SMILES string of the molecule is CCC[PH+](CCC)CCC.[OH-]. The maximum Gasteiger partial charge on any atom is 0.0569 e. The first-order chi connectivity index (χ1) is 4.85. The van der Waals surface area contributed by atoms with Crippen molar-refractivity contribution in [2.45, 2.75) is 40.0 Å². The smallest absolute Gasteiger partial charge is 0.0569 e. The molecule has 0 aromatic heterocycles. The fraction of sp³-hybridized carbons (Fsp3) is 1.00. The van der Waals surface area contributed by atoms with Crippen LogP contribution in [0.4, 0.5) is 0 Å². The molecule has 0 radical (unpaired) electrons. The van der Waals surface area contributed by atoms with Crippen LogP contribution in [0, 0.1) is 0 Å². The van der Waals surface area contributed by atoms with Crippen LogP contribution in [0.25, 0.3) is 0 Å². The molecule has 1 nitrogen and oxygen atoms in total. The number of hydrogen-bond donors (Lipinski definition) is 0. The lowest BCUT2D eigenvalue weighted by Gasteiger charge is -2.05. The van der Waals surface area contributed by atoms with Crippen molar-refractivity contribution in [3.63, 3.8) is 0 Å². The zero-order valence-corrected chi connectivity index (χ0v) is 9.19. The summed E-state index contributed by atoms with van der Waals surface area (Å²) in [6.45, 7) is 6.95. The summed E-state index contributed by atoms with van der Waals surface area (Å²) in [5.41, 5.74) is 0. The lowest BCUT2D eigenvalue weighted by molar-refractivity contribution is 0.824. The highest BCUT2D eigenvalue weighted by Gasteiger charge is 2.10. The van der Waals surface area contributed by atoms with Crippen molar-refractivity contribution in [1.82, 2.24) is 0 Å². The Labute approximate surface area is 72.6 Å². The molecule has 0 saturated heterocycles. The Balaban J connectivity index is 0. The van der Waals surface area contributed by atoms with Crippen molar-refractivity contribution < 1.29 is 5.48 Å². The average Bonchev–Trinajstić information content (AvgIpc) is 1.90. The molecule has 0 aliphatic heterocycles. The first-order valence-corrected chi connectivity index (χ1v) is 6.80. The molecule has 11 heavy (non-hydrogen) atoms. The molecule has 0 spiro atoms. The summed E-state index contributed by atoms with van der Waals surface area (Å²) in [7, 11) is 0.103. The molecule has 0 bridgehead atoms. The van der Waals surface area contributed by atoms with E-state index in [0.717, 1.165) is 0 Å². The summed E-state index contributed by atoms with van der Waals surface area (Å²) in [5.74, 6) is 0. The van der Waals surface area contributed by atoms with Crippen molar-refractivity contribution in [2.24, 2.45) is 0 Å². The standard InChI is InChI=1S/C9H21P.H2O/c1-4-7-10(8-5-2)9-6-3;/h4-9H2,1-3H3;1H2. The summed E-state index contributed by atoms with van der Waals surface area (Å²) < 4.78 is 0. The second kappa shape index (κ2) is 10.4. The zero-order valence-electron chi connectivity index (χ0n) is 8.19. The Hall–Kier alpha value is 0.390.